The summed E-state index contributed by atoms with van der Waals surface area (Å²) in [5.74, 6) is 1.03. The first-order chi connectivity index (χ1) is 10.8. The normalized spacial score (nSPS) is 10.2. The third-order valence-corrected chi connectivity index (χ3v) is 3.00. The zero-order valence-electron chi connectivity index (χ0n) is 11.7. The number of rotatable bonds is 5. The van der Waals surface area contributed by atoms with Crippen molar-refractivity contribution in [3.8, 4) is 11.6 Å². The van der Waals surface area contributed by atoms with Crippen molar-refractivity contribution >= 4 is 5.91 Å². The molecule has 0 spiro atoms. The maximum absolute atomic E-state index is 11.8. The Morgan fingerprint density at radius 1 is 1.18 bits per heavy atom. The fraction of sp³-hybridized carbons (Fsp3) is 0.0588. The number of amides is 1. The van der Waals surface area contributed by atoms with Gasteiger partial charge in [0.25, 0.3) is 5.91 Å². The van der Waals surface area contributed by atoms with E-state index in [1.54, 1.807) is 18.3 Å². The molecule has 1 amide bonds. The van der Waals surface area contributed by atoms with Crippen LogP contribution in [0.4, 0.5) is 0 Å². The summed E-state index contributed by atoms with van der Waals surface area (Å²) in [7, 11) is 0. The SMILES string of the molecule is O=C(NCc1cccc(Oc2ccccn2)c1)c1ccoc1. The quantitative estimate of drug-likeness (QED) is 0.783. The second kappa shape index (κ2) is 6.58. The van der Waals surface area contributed by atoms with Crippen LogP contribution in [0.3, 0.4) is 0 Å². The lowest BCUT2D eigenvalue weighted by Crippen LogP contribution is -2.22. The number of carbonyl (C=O) groups excluding carboxylic acids is 1. The van der Waals surface area contributed by atoms with Gasteiger partial charge in [-0.2, -0.15) is 0 Å². The number of carbonyl (C=O) groups is 1. The highest BCUT2D eigenvalue weighted by molar-refractivity contribution is 5.93. The minimum Gasteiger partial charge on any atom is -0.472 e. The number of ether oxygens (including phenoxy) is 1. The van der Waals surface area contributed by atoms with Crippen LogP contribution in [0.15, 0.2) is 71.7 Å². The molecule has 3 rings (SSSR count). The lowest BCUT2D eigenvalue weighted by molar-refractivity contribution is 0.0950. The standard InChI is InChI=1S/C17H14N2O3/c20-17(14-7-9-21-12-14)19-11-13-4-3-5-15(10-13)22-16-6-1-2-8-18-16/h1-10,12H,11H2,(H,19,20). The molecule has 2 heterocycles. The Bertz CT molecular complexity index is 740. The average molecular weight is 294 g/mol. The summed E-state index contributed by atoms with van der Waals surface area (Å²) in [5.41, 5.74) is 1.44. The molecule has 110 valence electrons. The Morgan fingerprint density at radius 2 is 2.14 bits per heavy atom. The molecule has 0 saturated heterocycles. The number of hydrogen-bond donors (Lipinski definition) is 1. The van der Waals surface area contributed by atoms with Crippen molar-refractivity contribution in [3.63, 3.8) is 0 Å². The fourth-order valence-corrected chi connectivity index (χ4v) is 1.93. The van der Waals surface area contributed by atoms with Crippen LogP contribution in [-0.4, -0.2) is 10.9 Å². The van der Waals surface area contributed by atoms with Gasteiger partial charge in [0.2, 0.25) is 5.88 Å². The number of nitrogens with zero attached hydrogens (tertiary/aromatic N) is 1. The van der Waals surface area contributed by atoms with E-state index in [-0.39, 0.29) is 5.91 Å². The Balaban J connectivity index is 1.63. The molecule has 0 aliphatic carbocycles. The van der Waals surface area contributed by atoms with E-state index in [0.717, 1.165) is 5.56 Å². The number of pyridine rings is 1. The smallest absolute Gasteiger partial charge is 0.254 e. The maximum atomic E-state index is 11.8. The molecule has 2 aromatic heterocycles. The molecular formula is C17H14N2O3. The molecule has 0 unspecified atom stereocenters. The zero-order valence-corrected chi connectivity index (χ0v) is 11.7. The topological polar surface area (TPSA) is 64.4 Å². The summed E-state index contributed by atoms with van der Waals surface area (Å²) in [6.07, 6.45) is 4.55. The second-order valence-electron chi connectivity index (χ2n) is 4.61. The summed E-state index contributed by atoms with van der Waals surface area (Å²) in [6.45, 7) is 0.406. The number of hydrogen-bond acceptors (Lipinski definition) is 4. The van der Waals surface area contributed by atoms with Gasteiger partial charge in [0, 0.05) is 18.8 Å². The van der Waals surface area contributed by atoms with E-state index in [4.69, 9.17) is 9.15 Å². The van der Waals surface area contributed by atoms with Crippen molar-refractivity contribution in [1.82, 2.24) is 10.3 Å². The van der Waals surface area contributed by atoms with E-state index in [9.17, 15) is 4.79 Å². The van der Waals surface area contributed by atoms with Crippen molar-refractivity contribution in [2.75, 3.05) is 0 Å². The largest absolute Gasteiger partial charge is 0.472 e. The van der Waals surface area contributed by atoms with Gasteiger partial charge in [-0.1, -0.05) is 18.2 Å². The van der Waals surface area contributed by atoms with Crippen LogP contribution in [0.5, 0.6) is 11.6 Å². The van der Waals surface area contributed by atoms with Gasteiger partial charge in [-0.25, -0.2) is 4.98 Å². The molecule has 1 aromatic carbocycles. The van der Waals surface area contributed by atoms with Gasteiger partial charge in [-0.05, 0) is 29.8 Å². The number of benzene rings is 1. The second-order valence-corrected chi connectivity index (χ2v) is 4.61. The van der Waals surface area contributed by atoms with Crippen LogP contribution in [-0.2, 0) is 6.54 Å². The van der Waals surface area contributed by atoms with Crippen LogP contribution >= 0.6 is 0 Å². The molecule has 0 aliphatic rings. The van der Waals surface area contributed by atoms with E-state index in [1.807, 2.05) is 36.4 Å². The lowest BCUT2D eigenvalue weighted by atomic mass is 10.2. The molecule has 22 heavy (non-hydrogen) atoms. The molecule has 1 N–H and O–H groups in total. The van der Waals surface area contributed by atoms with Crippen LogP contribution in [0.25, 0.3) is 0 Å². The highest BCUT2D eigenvalue weighted by atomic mass is 16.5. The van der Waals surface area contributed by atoms with Gasteiger partial charge in [-0.15, -0.1) is 0 Å². The van der Waals surface area contributed by atoms with Crippen LogP contribution in [0.2, 0.25) is 0 Å². The van der Waals surface area contributed by atoms with Gasteiger partial charge in [-0.3, -0.25) is 4.79 Å². The molecule has 0 fully saturated rings. The summed E-state index contributed by atoms with van der Waals surface area (Å²) < 4.78 is 10.5. The van der Waals surface area contributed by atoms with Gasteiger partial charge < -0.3 is 14.5 Å². The molecule has 0 radical (unpaired) electrons. The predicted octanol–water partition coefficient (Wildman–Crippen LogP) is 3.40. The third kappa shape index (κ3) is 3.52. The summed E-state index contributed by atoms with van der Waals surface area (Å²) >= 11 is 0. The Kier molecular flexibility index (Phi) is 4.15. The first kappa shape index (κ1) is 13.9. The van der Waals surface area contributed by atoms with Crippen molar-refractivity contribution < 1.29 is 13.9 Å². The van der Waals surface area contributed by atoms with E-state index >= 15 is 0 Å². The van der Waals surface area contributed by atoms with Gasteiger partial charge in [0.15, 0.2) is 0 Å². The first-order valence-electron chi connectivity index (χ1n) is 6.79. The van der Waals surface area contributed by atoms with E-state index in [2.05, 4.69) is 10.3 Å². The van der Waals surface area contributed by atoms with E-state index < -0.39 is 0 Å². The maximum Gasteiger partial charge on any atom is 0.254 e. The van der Waals surface area contributed by atoms with E-state index in [0.29, 0.717) is 23.7 Å². The molecule has 5 nitrogen and oxygen atoms in total. The van der Waals surface area contributed by atoms with Crippen molar-refractivity contribution in [2.24, 2.45) is 0 Å². The first-order valence-corrected chi connectivity index (χ1v) is 6.79. The highest BCUT2D eigenvalue weighted by Crippen LogP contribution is 2.20. The minimum atomic E-state index is -0.176. The Labute approximate surface area is 127 Å². The molecule has 0 atom stereocenters. The lowest BCUT2D eigenvalue weighted by Gasteiger charge is -2.07. The highest BCUT2D eigenvalue weighted by Gasteiger charge is 2.06. The van der Waals surface area contributed by atoms with Gasteiger partial charge in [0.1, 0.15) is 12.0 Å². The van der Waals surface area contributed by atoms with Crippen molar-refractivity contribution in [3.05, 3.63) is 78.4 Å². The monoisotopic (exact) mass is 294 g/mol. The fourth-order valence-electron chi connectivity index (χ4n) is 1.93. The van der Waals surface area contributed by atoms with Crippen LogP contribution in [0, 0.1) is 0 Å². The van der Waals surface area contributed by atoms with Gasteiger partial charge in [0.05, 0.1) is 11.8 Å². The number of nitrogens with one attached hydrogen (secondary N) is 1. The van der Waals surface area contributed by atoms with Crippen molar-refractivity contribution in [1.29, 1.82) is 0 Å². The van der Waals surface area contributed by atoms with Crippen LogP contribution in [0.1, 0.15) is 15.9 Å². The summed E-state index contributed by atoms with van der Waals surface area (Å²) in [4.78, 5) is 16.0. The minimum absolute atomic E-state index is 0.176. The average Bonchev–Trinajstić information content (AvgIpc) is 3.08. The summed E-state index contributed by atoms with van der Waals surface area (Å²) in [5, 5.41) is 2.82. The molecular weight excluding hydrogens is 280 g/mol. The van der Waals surface area contributed by atoms with Crippen LogP contribution < -0.4 is 10.1 Å². The molecule has 3 aromatic rings. The third-order valence-electron chi connectivity index (χ3n) is 3.00. The molecule has 5 heteroatoms. The molecule has 0 saturated carbocycles. The van der Waals surface area contributed by atoms with Crippen molar-refractivity contribution in [2.45, 2.75) is 6.54 Å². The number of furan rings is 1. The number of aromatic nitrogens is 1. The zero-order chi connectivity index (χ0) is 15.2. The van der Waals surface area contributed by atoms with E-state index in [1.165, 1.54) is 12.5 Å². The predicted molar refractivity (Wildman–Crippen MR) is 80.6 cm³/mol. The Morgan fingerprint density at radius 3 is 2.91 bits per heavy atom. The molecule has 0 bridgehead atoms. The Hall–Kier alpha value is -3.08. The molecule has 0 aliphatic heterocycles. The summed E-state index contributed by atoms with van der Waals surface area (Å²) in [6, 6.07) is 14.6. The van der Waals surface area contributed by atoms with Gasteiger partial charge >= 0.3 is 0 Å².